The molecular weight excluding hydrogens is 271 g/mol. The van der Waals surface area contributed by atoms with Crippen LogP contribution in [0.5, 0.6) is 0 Å². The average molecular weight is 280 g/mol. The molecule has 1 atom stereocenters. The maximum atomic E-state index is 12.4. The number of carbonyl (C=O) groups is 2. The predicted molar refractivity (Wildman–Crippen MR) is 60.4 cm³/mol. The number of Topliss-reactive ketones (excluding diaryl/α,β-unsaturated/α-hetero) is 1. The van der Waals surface area contributed by atoms with E-state index < -0.39 is 28.8 Å². The summed E-state index contributed by atoms with van der Waals surface area (Å²) in [6.07, 6.45) is -4.50. The van der Waals surface area contributed by atoms with Crippen LogP contribution in [-0.2, 0) is 15.8 Å². The fourth-order valence-electron chi connectivity index (χ4n) is 1.16. The van der Waals surface area contributed by atoms with Gasteiger partial charge >= 0.3 is 6.18 Å². The summed E-state index contributed by atoms with van der Waals surface area (Å²) in [6, 6.07) is 4.06. The maximum Gasteiger partial charge on any atom is 0.416 e. The van der Waals surface area contributed by atoms with Crippen molar-refractivity contribution in [3.63, 3.8) is 0 Å². The van der Waals surface area contributed by atoms with Gasteiger partial charge in [-0.15, -0.1) is 11.6 Å². The zero-order chi connectivity index (χ0) is 13.9. The van der Waals surface area contributed by atoms with E-state index in [1.807, 2.05) is 0 Å². The van der Waals surface area contributed by atoms with Gasteiger partial charge in [0, 0.05) is 5.69 Å². The van der Waals surface area contributed by atoms with Crippen molar-refractivity contribution in [2.24, 2.45) is 0 Å². The van der Waals surface area contributed by atoms with E-state index >= 15 is 0 Å². The van der Waals surface area contributed by atoms with Crippen molar-refractivity contribution in [1.29, 1.82) is 0 Å². The Morgan fingerprint density at radius 2 is 1.94 bits per heavy atom. The Bertz CT molecular complexity index is 474. The van der Waals surface area contributed by atoms with Gasteiger partial charge in [0.15, 0.2) is 11.2 Å². The molecule has 0 saturated heterocycles. The first-order chi connectivity index (χ1) is 8.21. The number of ketones is 1. The standard InChI is InChI=1S/C11H9ClF3NO2/c1-6(17)9(12)10(18)16-8-4-2-3-7(5-8)11(13,14)15/h2-5,9H,1H3,(H,16,18). The first-order valence-electron chi connectivity index (χ1n) is 4.84. The van der Waals surface area contributed by atoms with Crippen molar-refractivity contribution in [1.82, 2.24) is 0 Å². The Morgan fingerprint density at radius 1 is 1.33 bits per heavy atom. The summed E-state index contributed by atoms with van der Waals surface area (Å²) < 4.78 is 37.2. The van der Waals surface area contributed by atoms with E-state index in [1.54, 1.807) is 0 Å². The summed E-state index contributed by atoms with van der Waals surface area (Å²) in [5.41, 5.74) is -0.962. The second kappa shape index (κ2) is 5.39. The lowest BCUT2D eigenvalue weighted by Crippen LogP contribution is -2.28. The molecule has 0 aliphatic heterocycles. The third-order valence-corrected chi connectivity index (χ3v) is 2.55. The first-order valence-corrected chi connectivity index (χ1v) is 5.28. The molecule has 7 heteroatoms. The highest BCUT2D eigenvalue weighted by Gasteiger charge is 2.30. The fourth-order valence-corrected chi connectivity index (χ4v) is 1.22. The van der Waals surface area contributed by atoms with Crippen LogP contribution in [0.15, 0.2) is 24.3 Å². The van der Waals surface area contributed by atoms with Crippen LogP contribution in [0.2, 0.25) is 0 Å². The van der Waals surface area contributed by atoms with Gasteiger partial charge in [-0.05, 0) is 25.1 Å². The lowest BCUT2D eigenvalue weighted by molar-refractivity contribution is -0.137. The first kappa shape index (κ1) is 14.5. The SMILES string of the molecule is CC(=O)C(Cl)C(=O)Nc1cccc(C(F)(F)F)c1. The van der Waals surface area contributed by atoms with Gasteiger partial charge in [0.25, 0.3) is 0 Å². The largest absolute Gasteiger partial charge is 0.416 e. The van der Waals surface area contributed by atoms with Gasteiger partial charge in [0.05, 0.1) is 5.56 Å². The number of carbonyl (C=O) groups excluding carboxylic acids is 2. The molecule has 0 saturated carbocycles. The van der Waals surface area contributed by atoms with Crippen LogP contribution in [-0.4, -0.2) is 17.1 Å². The Morgan fingerprint density at radius 3 is 2.44 bits per heavy atom. The Balaban J connectivity index is 2.86. The maximum absolute atomic E-state index is 12.4. The predicted octanol–water partition coefficient (Wildman–Crippen LogP) is 2.84. The summed E-state index contributed by atoms with van der Waals surface area (Å²) in [4.78, 5) is 22.2. The molecule has 1 amide bonds. The van der Waals surface area contributed by atoms with Gasteiger partial charge in [-0.3, -0.25) is 9.59 Å². The van der Waals surface area contributed by atoms with Crippen LogP contribution in [0.4, 0.5) is 18.9 Å². The third kappa shape index (κ3) is 3.73. The van der Waals surface area contributed by atoms with Gasteiger partial charge < -0.3 is 5.32 Å². The van der Waals surface area contributed by atoms with E-state index in [4.69, 9.17) is 11.6 Å². The van der Waals surface area contributed by atoms with E-state index in [9.17, 15) is 22.8 Å². The molecule has 0 bridgehead atoms. The molecule has 0 aliphatic rings. The number of hydrogen-bond acceptors (Lipinski definition) is 2. The summed E-state index contributed by atoms with van der Waals surface area (Å²) in [5.74, 6) is -1.44. The van der Waals surface area contributed by atoms with E-state index in [0.717, 1.165) is 25.1 Å². The molecule has 0 radical (unpaired) electrons. The summed E-state index contributed by atoms with van der Waals surface area (Å²) in [7, 11) is 0. The number of nitrogens with one attached hydrogen (secondary N) is 1. The smallest absolute Gasteiger partial charge is 0.324 e. The van der Waals surface area contributed by atoms with E-state index in [-0.39, 0.29) is 5.69 Å². The average Bonchev–Trinajstić information content (AvgIpc) is 2.27. The van der Waals surface area contributed by atoms with Crippen molar-refractivity contribution in [2.75, 3.05) is 5.32 Å². The van der Waals surface area contributed by atoms with Crippen LogP contribution in [0.3, 0.4) is 0 Å². The molecule has 1 aromatic carbocycles. The molecular formula is C11H9ClF3NO2. The molecule has 1 rings (SSSR count). The molecule has 0 aliphatic carbocycles. The number of hydrogen-bond donors (Lipinski definition) is 1. The molecule has 1 unspecified atom stereocenters. The van der Waals surface area contributed by atoms with Crippen molar-refractivity contribution in [2.45, 2.75) is 18.5 Å². The highest BCUT2D eigenvalue weighted by molar-refractivity contribution is 6.43. The number of rotatable bonds is 3. The molecule has 18 heavy (non-hydrogen) atoms. The van der Waals surface area contributed by atoms with Crippen molar-refractivity contribution in [3.05, 3.63) is 29.8 Å². The second-order valence-corrected chi connectivity index (χ2v) is 3.98. The number of halogens is 4. The van der Waals surface area contributed by atoms with Crippen LogP contribution in [0, 0.1) is 0 Å². The molecule has 1 aromatic rings. The normalized spacial score (nSPS) is 12.9. The zero-order valence-electron chi connectivity index (χ0n) is 9.22. The van der Waals surface area contributed by atoms with Gasteiger partial charge in [-0.2, -0.15) is 13.2 Å². The van der Waals surface area contributed by atoms with Gasteiger partial charge in [0.2, 0.25) is 5.91 Å². The minimum absolute atomic E-state index is 0.0678. The van der Waals surface area contributed by atoms with Crippen molar-refractivity contribution < 1.29 is 22.8 Å². The van der Waals surface area contributed by atoms with Gasteiger partial charge in [-0.25, -0.2) is 0 Å². The number of benzene rings is 1. The zero-order valence-corrected chi connectivity index (χ0v) is 9.97. The fraction of sp³-hybridized carbons (Fsp3) is 0.273. The lowest BCUT2D eigenvalue weighted by Gasteiger charge is -2.11. The summed E-state index contributed by atoms with van der Waals surface area (Å²) >= 11 is 5.46. The van der Waals surface area contributed by atoms with E-state index in [1.165, 1.54) is 6.07 Å². The minimum Gasteiger partial charge on any atom is -0.324 e. The van der Waals surface area contributed by atoms with Crippen molar-refractivity contribution in [3.8, 4) is 0 Å². The molecule has 0 spiro atoms. The number of anilines is 1. The Kier molecular flexibility index (Phi) is 4.34. The van der Waals surface area contributed by atoms with E-state index in [2.05, 4.69) is 5.32 Å². The molecule has 0 heterocycles. The highest BCUT2D eigenvalue weighted by atomic mass is 35.5. The number of alkyl halides is 4. The molecule has 98 valence electrons. The Hall–Kier alpha value is -1.56. The van der Waals surface area contributed by atoms with Gasteiger partial charge in [0.1, 0.15) is 0 Å². The van der Waals surface area contributed by atoms with E-state index in [0.29, 0.717) is 0 Å². The number of amides is 1. The van der Waals surface area contributed by atoms with Crippen LogP contribution in [0.25, 0.3) is 0 Å². The van der Waals surface area contributed by atoms with Crippen LogP contribution >= 0.6 is 11.6 Å². The molecule has 0 fully saturated rings. The molecule has 0 aromatic heterocycles. The quantitative estimate of drug-likeness (QED) is 0.683. The minimum atomic E-state index is -4.50. The molecule has 3 nitrogen and oxygen atoms in total. The summed E-state index contributed by atoms with van der Waals surface area (Å²) in [6.45, 7) is 1.11. The summed E-state index contributed by atoms with van der Waals surface area (Å²) in [5, 5.41) is 0.727. The topological polar surface area (TPSA) is 46.2 Å². The monoisotopic (exact) mass is 279 g/mol. The van der Waals surface area contributed by atoms with Crippen LogP contribution in [0.1, 0.15) is 12.5 Å². The highest BCUT2D eigenvalue weighted by Crippen LogP contribution is 2.30. The van der Waals surface area contributed by atoms with Crippen molar-refractivity contribution >= 4 is 29.0 Å². The van der Waals surface area contributed by atoms with Crippen LogP contribution < -0.4 is 5.32 Å². The van der Waals surface area contributed by atoms with Gasteiger partial charge in [-0.1, -0.05) is 6.07 Å². The third-order valence-electron chi connectivity index (χ3n) is 2.04. The Labute approximate surface area is 106 Å². The lowest BCUT2D eigenvalue weighted by atomic mass is 10.2. The molecule has 1 N–H and O–H groups in total. The second-order valence-electron chi connectivity index (χ2n) is 3.54.